The number of methoxy groups -OCH3 is 1. The number of rotatable bonds is 10. The quantitative estimate of drug-likeness (QED) is 0.477. The maximum Gasteiger partial charge on any atom is 0.143 e. The SMILES string of the molecule is CCCNc1nc(CCOCCOC)nc(C(C)C)c1I. The van der Waals surface area contributed by atoms with Gasteiger partial charge in [0.1, 0.15) is 11.6 Å². The first-order valence-corrected chi connectivity index (χ1v) is 8.54. The summed E-state index contributed by atoms with van der Waals surface area (Å²) >= 11 is 2.33. The van der Waals surface area contributed by atoms with Gasteiger partial charge in [-0.15, -0.1) is 0 Å². The van der Waals surface area contributed by atoms with Crippen molar-refractivity contribution >= 4 is 28.4 Å². The smallest absolute Gasteiger partial charge is 0.143 e. The average Bonchev–Trinajstić information content (AvgIpc) is 2.46. The zero-order chi connectivity index (χ0) is 15.7. The van der Waals surface area contributed by atoms with Gasteiger partial charge in [0.25, 0.3) is 0 Å². The Hall–Kier alpha value is -0.470. The van der Waals surface area contributed by atoms with E-state index in [9.17, 15) is 0 Å². The Labute approximate surface area is 141 Å². The summed E-state index contributed by atoms with van der Waals surface area (Å²) in [4.78, 5) is 9.32. The second-order valence-corrected chi connectivity index (χ2v) is 6.20. The van der Waals surface area contributed by atoms with Crippen molar-refractivity contribution in [3.63, 3.8) is 0 Å². The van der Waals surface area contributed by atoms with Crippen LogP contribution in [0.3, 0.4) is 0 Å². The monoisotopic (exact) mass is 407 g/mol. The van der Waals surface area contributed by atoms with Crippen molar-refractivity contribution in [2.24, 2.45) is 0 Å². The van der Waals surface area contributed by atoms with E-state index >= 15 is 0 Å². The Balaban J connectivity index is 2.75. The number of anilines is 1. The van der Waals surface area contributed by atoms with Crippen molar-refractivity contribution in [1.82, 2.24) is 9.97 Å². The van der Waals surface area contributed by atoms with E-state index in [1.807, 2.05) is 0 Å². The molecule has 0 saturated heterocycles. The summed E-state index contributed by atoms with van der Waals surface area (Å²) < 4.78 is 11.6. The normalized spacial score (nSPS) is 11.1. The highest BCUT2D eigenvalue weighted by Gasteiger charge is 2.14. The van der Waals surface area contributed by atoms with Crippen LogP contribution in [-0.4, -0.2) is 43.4 Å². The minimum absolute atomic E-state index is 0.384. The first kappa shape index (κ1) is 18.6. The van der Waals surface area contributed by atoms with Crippen molar-refractivity contribution in [2.45, 2.75) is 39.5 Å². The van der Waals surface area contributed by atoms with Crippen LogP contribution >= 0.6 is 22.6 Å². The molecule has 0 aromatic carbocycles. The molecule has 5 nitrogen and oxygen atoms in total. The number of hydrogen-bond donors (Lipinski definition) is 1. The van der Waals surface area contributed by atoms with Crippen LogP contribution in [0.2, 0.25) is 0 Å². The summed E-state index contributed by atoms with van der Waals surface area (Å²) in [6.07, 6.45) is 1.80. The molecule has 0 aliphatic carbocycles. The largest absolute Gasteiger partial charge is 0.382 e. The zero-order valence-electron chi connectivity index (χ0n) is 13.4. The summed E-state index contributed by atoms with van der Waals surface area (Å²) in [6.45, 7) is 9.24. The zero-order valence-corrected chi connectivity index (χ0v) is 15.6. The molecule has 0 aliphatic heterocycles. The van der Waals surface area contributed by atoms with Crippen molar-refractivity contribution in [1.29, 1.82) is 0 Å². The van der Waals surface area contributed by atoms with E-state index in [-0.39, 0.29) is 0 Å². The predicted octanol–water partition coefficient (Wildman–Crippen LogP) is 3.23. The predicted molar refractivity (Wildman–Crippen MR) is 94.0 cm³/mol. The highest BCUT2D eigenvalue weighted by molar-refractivity contribution is 14.1. The summed E-state index contributed by atoms with van der Waals surface area (Å²) in [5.74, 6) is 2.17. The Morgan fingerprint density at radius 2 is 1.95 bits per heavy atom. The van der Waals surface area contributed by atoms with Crippen LogP contribution in [0.25, 0.3) is 0 Å². The molecule has 21 heavy (non-hydrogen) atoms. The molecule has 1 aromatic rings. The van der Waals surface area contributed by atoms with E-state index in [1.165, 1.54) is 0 Å². The number of nitrogens with zero attached hydrogens (tertiary/aromatic N) is 2. The molecule has 0 saturated carbocycles. The third-order valence-electron chi connectivity index (χ3n) is 2.91. The van der Waals surface area contributed by atoms with Crippen LogP contribution in [0, 0.1) is 3.57 Å². The summed E-state index contributed by atoms with van der Waals surface area (Å²) in [5, 5.41) is 3.39. The van der Waals surface area contributed by atoms with Gasteiger partial charge in [-0.3, -0.25) is 0 Å². The maximum absolute atomic E-state index is 5.50. The number of hydrogen-bond acceptors (Lipinski definition) is 5. The first-order chi connectivity index (χ1) is 10.1. The summed E-state index contributed by atoms with van der Waals surface area (Å²) in [5.41, 5.74) is 1.11. The van der Waals surface area contributed by atoms with Gasteiger partial charge in [0, 0.05) is 20.1 Å². The molecule has 6 heteroatoms. The van der Waals surface area contributed by atoms with Crippen LogP contribution in [-0.2, 0) is 15.9 Å². The lowest BCUT2D eigenvalue weighted by Gasteiger charge is -2.14. The lowest BCUT2D eigenvalue weighted by molar-refractivity contribution is 0.0716. The number of aromatic nitrogens is 2. The van der Waals surface area contributed by atoms with E-state index in [0.29, 0.717) is 25.7 Å². The molecule has 1 heterocycles. The Morgan fingerprint density at radius 1 is 1.19 bits per heavy atom. The Kier molecular flexibility index (Phi) is 9.10. The van der Waals surface area contributed by atoms with Gasteiger partial charge in [0.15, 0.2) is 0 Å². The fourth-order valence-corrected chi connectivity index (χ4v) is 2.83. The minimum atomic E-state index is 0.384. The molecular weight excluding hydrogens is 381 g/mol. The van der Waals surface area contributed by atoms with Crippen molar-refractivity contribution in [3.05, 3.63) is 15.1 Å². The van der Waals surface area contributed by atoms with Crippen molar-refractivity contribution in [2.75, 3.05) is 38.8 Å². The van der Waals surface area contributed by atoms with E-state index in [4.69, 9.17) is 9.47 Å². The second kappa shape index (κ2) is 10.3. The molecule has 0 radical (unpaired) electrons. The molecule has 0 atom stereocenters. The molecule has 120 valence electrons. The van der Waals surface area contributed by atoms with E-state index in [1.54, 1.807) is 7.11 Å². The Morgan fingerprint density at radius 3 is 2.57 bits per heavy atom. The fraction of sp³-hybridized carbons (Fsp3) is 0.733. The molecular formula is C15H26IN3O2. The molecule has 1 aromatic heterocycles. The molecule has 0 amide bonds. The minimum Gasteiger partial charge on any atom is -0.382 e. The number of ether oxygens (including phenoxy) is 2. The van der Waals surface area contributed by atoms with Gasteiger partial charge >= 0.3 is 0 Å². The second-order valence-electron chi connectivity index (χ2n) is 5.12. The van der Waals surface area contributed by atoms with Gasteiger partial charge in [-0.25, -0.2) is 9.97 Å². The highest BCUT2D eigenvalue weighted by Crippen LogP contribution is 2.25. The van der Waals surface area contributed by atoms with E-state index < -0.39 is 0 Å². The van der Waals surface area contributed by atoms with Crippen LogP contribution < -0.4 is 5.32 Å². The van der Waals surface area contributed by atoms with E-state index in [2.05, 4.69) is 58.6 Å². The molecule has 0 aliphatic rings. The standard InChI is InChI=1S/C15H26IN3O2/c1-5-7-17-15-13(16)14(11(2)3)18-12(19-15)6-8-21-10-9-20-4/h11H,5-10H2,1-4H3,(H,17,18,19). The third kappa shape index (κ3) is 6.44. The van der Waals surface area contributed by atoms with Gasteiger partial charge in [0.05, 0.1) is 29.1 Å². The van der Waals surface area contributed by atoms with Gasteiger partial charge < -0.3 is 14.8 Å². The third-order valence-corrected chi connectivity index (χ3v) is 3.98. The lowest BCUT2D eigenvalue weighted by atomic mass is 10.1. The van der Waals surface area contributed by atoms with Gasteiger partial charge in [-0.05, 0) is 34.9 Å². The van der Waals surface area contributed by atoms with Crippen molar-refractivity contribution in [3.8, 4) is 0 Å². The van der Waals surface area contributed by atoms with E-state index in [0.717, 1.165) is 40.3 Å². The van der Waals surface area contributed by atoms with Gasteiger partial charge in [-0.2, -0.15) is 0 Å². The average molecular weight is 407 g/mol. The van der Waals surface area contributed by atoms with Crippen LogP contribution in [0.1, 0.15) is 44.6 Å². The van der Waals surface area contributed by atoms with Crippen LogP contribution in [0.15, 0.2) is 0 Å². The van der Waals surface area contributed by atoms with Gasteiger partial charge in [-0.1, -0.05) is 20.8 Å². The molecule has 0 spiro atoms. The van der Waals surface area contributed by atoms with Crippen LogP contribution in [0.5, 0.6) is 0 Å². The fourth-order valence-electron chi connectivity index (χ4n) is 1.78. The Bertz CT molecular complexity index is 428. The van der Waals surface area contributed by atoms with Crippen molar-refractivity contribution < 1.29 is 9.47 Å². The van der Waals surface area contributed by atoms with Gasteiger partial charge in [0.2, 0.25) is 0 Å². The summed E-state index contributed by atoms with van der Waals surface area (Å²) in [6, 6.07) is 0. The molecule has 0 fully saturated rings. The topological polar surface area (TPSA) is 56.3 Å². The number of halogens is 1. The number of nitrogens with one attached hydrogen (secondary N) is 1. The maximum atomic E-state index is 5.50. The molecule has 1 rings (SSSR count). The molecule has 0 unspecified atom stereocenters. The van der Waals surface area contributed by atoms with Crippen LogP contribution in [0.4, 0.5) is 5.82 Å². The summed E-state index contributed by atoms with van der Waals surface area (Å²) in [7, 11) is 1.67. The highest BCUT2D eigenvalue weighted by atomic mass is 127. The lowest BCUT2D eigenvalue weighted by Crippen LogP contribution is -2.13. The molecule has 0 bridgehead atoms. The first-order valence-electron chi connectivity index (χ1n) is 7.47. The molecule has 1 N–H and O–H groups in total.